The van der Waals surface area contributed by atoms with Gasteiger partial charge in [0.25, 0.3) is 0 Å². The monoisotopic (exact) mass is 226 g/mol. The molecular formula is C12H18O4. The van der Waals surface area contributed by atoms with Crippen LogP contribution in [0.5, 0.6) is 0 Å². The maximum Gasteiger partial charge on any atom is 0.330 e. The standard InChI is InChI=1S/C12H18O4/c1-4-6-11(13)15-9-8-10(3)16-12(14)7-5-2/h4-7,10H,8-9H2,1-3H3/b6-4-,7-5+/t10-/m1/s1. The highest BCUT2D eigenvalue weighted by atomic mass is 16.6. The summed E-state index contributed by atoms with van der Waals surface area (Å²) in [4.78, 5) is 21.9. The van der Waals surface area contributed by atoms with Crippen LogP contribution in [0.2, 0.25) is 0 Å². The van der Waals surface area contributed by atoms with Crippen LogP contribution in [-0.2, 0) is 19.1 Å². The summed E-state index contributed by atoms with van der Waals surface area (Å²) in [5.74, 6) is -0.760. The van der Waals surface area contributed by atoms with Crippen molar-refractivity contribution in [2.75, 3.05) is 6.61 Å². The first-order chi connectivity index (χ1) is 7.60. The van der Waals surface area contributed by atoms with Crippen LogP contribution in [-0.4, -0.2) is 24.6 Å². The Morgan fingerprint density at radius 2 is 1.69 bits per heavy atom. The van der Waals surface area contributed by atoms with E-state index in [2.05, 4.69) is 0 Å². The van der Waals surface area contributed by atoms with Crippen molar-refractivity contribution < 1.29 is 19.1 Å². The topological polar surface area (TPSA) is 52.6 Å². The molecular weight excluding hydrogens is 208 g/mol. The maximum atomic E-state index is 11.0. The molecule has 1 atom stereocenters. The molecule has 0 saturated heterocycles. The fraction of sp³-hybridized carbons (Fsp3) is 0.500. The maximum absolute atomic E-state index is 11.0. The molecule has 4 nitrogen and oxygen atoms in total. The zero-order chi connectivity index (χ0) is 12.4. The molecule has 0 aromatic carbocycles. The molecule has 0 fully saturated rings. The smallest absolute Gasteiger partial charge is 0.330 e. The molecule has 0 aromatic rings. The van der Waals surface area contributed by atoms with Crippen molar-refractivity contribution in [1.82, 2.24) is 0 Å². The van der Waals surface area contributed by atoms with Gasteiger partial charge < -0.3 is 9.47 Å². The summed E-state index contributed by atoms with van der Waals surface area (Å²) < 4.78 is 9.86. The van der Waals surface area contributed by atoms with Gasteiger partial charge in [-0.1, -0.05) is 12.2 Å². The van der Waals surface area contributed by atoms with Crippen LogP contribution in [0.1, 0.15) is 27.2 Å². The third kappa shape index (κ3) is 7.79. The van der Waals surface area contributed by atoms with Crippen molar-refractivity contribution in [2.24, 2.45) is 0 Å². The van der Waals surface area contributed by atoms with Crippen molar-refractivity contribution in [3.05, 3.63) is 24.3 Å². The second-order valence-corrected chi connectivity index (χ2v) is 3.20. The Morgan fingerprint density at radius 3 is 2.25 bits per heavy atom. The summed E-state index contributed by atoms with van der Waals surface area (Å²) in [5.41, 5.74) is 0. The highest BCUT2D eigenvalue weighted by Gasteiger charge is 2.07. The molecule has 90 valence electrons. The summed E-state index contributed by atoms with van der Waals surface area (Å²) >= 11 is 0. The summed E-state index contributed by atoms with van der Waals surface area (Å²) in [5, 5.41) is 0. The van der Waals surface area contributed by atoms with E-state index in [1.54, 1.807) is 32.9 Å². The second kappa shape index (κ2) is 8.71. The third-order valence-corrected chi connectivity index (χ3v) is 1.69. The molecule has 0 rings (SSSR count). The summed E-state index contributed by atoms with van der Waals surface area (Å²) in [6.07, 6.45) is 6.15. The van der Waals surface area contributed by atoms with Gasteiger partial charge in [0.15, 0.2) is 0 Å². The van der Waals surface area contributed by atoms with Crippen LogP contribution in [0.15, 0.2) is 24.3 Å². The van der Waals surface area contributed by atoms with Crippen LogP contribution in [0, 0.1) is 0 Å². The van der Waals surface area contributed by atoms with E-state index in [0.717, 1.165) is 0 Å². The molecule has 0 aliphatic rings. The summed E-state index contributed by atoms with van der Waals surface area (Å²) in [6.45, 7) is 5.48. The van der Waals surface area contributed by atoms with Gasteiger partial charge >= 0.3 is 11.9 Å². The SMILES string of the molecule is C/C=C\C(=O)OCC[C@@H](C)OC(=O)/C=C/C. The average Bonchev–Trinajstić information content (AvgIpc) is 2.18. The average molecular weight is 226 g/mol. The van der Waals surface area contributed by atoms with E-state index in [0.29, 0.717) is 6.42 Å². The zero-order valence-corrected chi connectivity index (χ0v) is 9.93. The summed E-state index contributed by atoms with van der Waals surface area (Å²) in [7, 11) is 0. The Balaban J connectivity index is 3.69. The van der Waals surface area contributed by atoms with Crippen molar-refractivity contribution in [1.29, 1.82) is 0 Å². The van der Waals surface area contributed by atoms with Gasteiger partial charge in [0, 0.05) is 18.6 Å². The normalized spacial score (nSPS) is 12.9. The molecule has 0 spiro atoms. The number of rotatable bonds is 6. The van der Waals surface area contributed by atoms with Gasteiger partial charge in [-0.05, 0) is 20.8 Å². The van der Waals surface area contributed by atoms with Crippen molar-refractivity contribution in [2.45, 2.75) is 33.3 Å². The van der Waals surface area contributed by atoms with Crippen LogP contribution < -0.4 is 0 Å². The quantitative estimate of drug-likeness (QED) is 0.513. The molecule has 16 heavy (non-hydrogen) atoms. The Hall–Kier alpha value is -1.58. The Kier molecular flexibility index (Phi) is 7.85. The second-order valence-electron chi connectivity index (χ2n) is 3.20. The number of carbonyl (C=O) groups excluding carboxylic acids is 2. The minimum atomic E-state index is -0.380. The van der Waals surface area contributed by atoms with E-state index in [-0.39, 0.29) is 24.6 Å². The minimum absolute atomic E-state index is 0.244. The summed E-state index contributed by atoms with van der Waals surface area (Å²) in [6, 6.07) is 0. The molecule has 0 amide bonds. The number of hydrogen-bond donors (Lipinski definition) is 0. The lowest BCUT2D eigenvalue weighted by Gasteiger charge is -2.11. The molecule has 0 bridgehead atoms. The molecule has 0 heterocycles. The fourth-order valence-electron chi connectivity index (χ4n) is 0.942. The number of hydrogen-bond acceptors (Lipinski definition) is 4. The highest BCUT2D eigenvalue weighted by molar-refractivity contribution is 5.82. The van der Waals surface area contributed by atoms with E-state index in [1.807, 2.05) is 0 Å². The molecule has 0 saturated carbocycles. The predicted molar refractivity (Wildman–Crippen MR) is 60.8 cm³/mol. The van der Waals surface area contributed by atoms with Crippen LogP contribution in [0.3, 0.4) is 0 Å². The molecule has 0 aromatic heterocycles. The first-order valence-electron chi connectivity index (χ1n) is 5.23. The van der Waals surface area contributed by atoms with Crippen LogP contribution >= 0.6 is 0 Å². The van der Waals surface area contributed by atoms with Crippen LogP contribution in [0.4, 0.5) is 0 Å². The molecule has 0 unspecified atom stereocenters. The largest absolute Gasteiger partial charge is 0.462 e. The molecule has 0 radical (unpaired) electrons. The predicted octanol–water partition coefficient (Wildman–Crippen LogP) is 2.00. The number of ether oxygens (including phenoxy) is 2. The number of esters is 2. The van der Waals surface area contributed by atoms with Gasteiger partial charge in [-0.2, -0.15) is 0 Å². The molecule has 0 N–H and O–H groups in total. The van der Waals surface area contributed by atoms with Crippen molar-refractivity contribution in [3.63, 3.8) is 0 Å². The van der Waals surface area contributed by atoms with Crippen molar-refractivity contribution in [3.8, 4) is 0 Å². The lowest BCUT2D eigenvalue weighted by Crippen LogP contribution is -2.16. The Labute approximate surface area is 95.9 Å². The van der Waals surface area contributed by atoms with Gasteiger partial charge in [0.05, 0.1) is 6.61 Å². The van der Waals surface area contributed by atoms with Gasteiger partial charge in [0.2, 0.25) is 0 Å². The van der Waals surface area contributed by atoms with E-state index in [1.165, 1.54) is 12.2 Å². The first-order valence-corrected chi connectivity index (χ1v) is 5.23. The van der Waals surface area contributed by atoms with E-state index >= 15 is 0 Å². The lowest BCUT2D eigenvalue weighted by atomic mass is 10.3. The van der Waals surface area contributed by atoms with E-state index in [4.69, 9.17) is 9.47 Å². The fourth-order valence-corrected chi connectivity index (χ4v) is 0.942. The molecule has 0 aliphatic carbocycles. The number of allylic oxidation sites excluding steroid dienone is 2. The first kappa shape index (κ1) is 14.4. The van der Waals surface area contributed by atoms with Gasteiger partial charge in [0.1, 0.15) is 6.10 Å². The highest BCUT2D eigenvalue weighted by Crippen LogP contribution is 1.99. The lowest BCUT2D eigenvalue weighted by molar-refractivity contribution is -0.144. The van der Waals surface area contributed by atoms with Gasteiger partial charge in [-0.15, -0.1) is 0 Å². The molecule has 4 heteroatoms. The van der Waals surface area contributed by atoms with Gasteiger partial charge in [-0.3, -0.25) is 0 Å². The van der Waals surface area contributed by atoms with E-state index < -0.39 is 0 Å². The van der Waals surface area contributed by atoms with Gasteiger partial charge in [-0.25, -0.2) is 9.59 Å². The minimum Gasteiger partial charge on any atom is -0.462 e. The Bertz CT molecular complexity index is 279. The Morgan fingerprint density at radius 1 is 1.12 bits per heavy atom. The van der Waals surface area contributed by atoms with Crippen molar-refractivity contribution >= 4 is 11.9 Å². The third-order valence-electron chi connectivity index (χ3n) is 1.69. The number of carbonyl (C=O) groups is 2. The molecule has 0 aliphatic heterocycles. The zero-order valence-electron chi connectivity index (χ0n) is 9.93. The van der Waals surface area contributed by atoms with E-state index in [9.17, 15) is 9.59 Å². The van der Waals surface area contributed by atoms with Crippen LogP contribution in [0.25, 0.3) is 0 Å².